The van der Waals surface area contributed by atoms with E-state index < -0.39 is 51.3 Å². The second kappa shape index (κ2) is 18.8. The molecule has 0 saturated carbocycles. The summed E-state index contributed by atoms with van der Waals surface area (Å²) in [5.74, 6) is -4.45. The number of hydrogen-bond donors (Lipinski definition) is 3. The molecule has 1 unspecified atom stereocenters. The Morgan fingerprint density at radius 1 is 0.983 bits per heavy atom. The van der Waals surface area contributed by atoms with Crippen LogP contribution in [0.1, 0.15) is 55.9 Å². The van der Waals surface area contributed by atoms with Gasteiger partial charge in [0.15, 0.2) is 0 Å². The number of amides is 2. The number of alkyl halides is 6. The number of nitrogens with one attached hydrogen (secondary N) is 2. The zero-order valence-corrected chi connectivity index (χ0v) is 33.9. The molecule has 1 saturated heterocycles. The van der Waals surface area contributed by atoms with E-state index in [9.17, 15) is 50.0 Å². The minimum atomic E-state index is -5.20. The number of methoxy groups -OCH3 is 1. The number of carbonyl (C=O) groups is 3. The van der Waals surface area contributed by atoms with Gasteiger partial charge >= 0.3 is 24.2 Å². The van der Waals surface area contributed by atoms with Crippen molar-refractivity contribution in [3.05, 3.63) is 111 Å². The molecule has 2 heterocycles. The normalized spacial score (nSPS) is 15.8. The van der Waals surface area contributed by atoms with Gasteiger partial charge in [0.05, 0.1) is 28.3 Å². The summed E-state index contributed by atoms with van der Waals surface area (Å²) in [5.41, 5.74) is 4.29. The van der Waals surface area contributed by atoms with Crippen molar-refractivity contribution in [1.29, 1.82) is 0 Å². The van der Waals surface area contributed by atoms with Crippen LogP contribution >= 0.6 is 0 Å². The number of ether oxygens (including phenoxy) is 1. The lowest BCUT2D eigenvalue weighted by Crippen LogP contribution is -2.26. The van der Waals surface area contributed by atoms with Gasteiger partial charge in [0.25, 0.3) is 5.91 Å². The molecular formula is C42H43F6N5O6S. The third-order valence-electron chi connectivity index (χ3n) is 10.0. The Bertz CT molecular complexity index is 2410. The average Bonchev–Trinajstić information content (AvgIpc) is 3.65. The number of halogens is 6. The van der Waals surface area contributed by atoms with E-state index >= 15 is 0 Å². The Kier molecular flexibility index (Phi) is 14.2. The van der Waals surface area contributed by atoms with Crippen LogP contribution in [0.2, 0.25) is 0 Å². The van der Waals surface area contributed by atoms with Crippen LogP contribution in [0.3, 0.4) is 0 Å². The molecule has 0 radical (unpaired) electrons. The van der Waals surface area contributed by atoms with Crippen molar-refractivity contribution in [1.82, 2.24) is 15.2 Å². The van der Waals surface area contributed by atoms with Crippen molar-refractivity contribution in [3.63, 3.8) is 0 Å². The molecule has 60 heavy (non-hydrogen) atoms. The molecule has 1 aromatic heterocycles. The fraction of sp³-hybridized carbons (Fsp3) is 0.333. The van der Waals surface area contributed by atoms with Gasteiger partial charge in [0.2, 0.25) is 0 Å². The van der Waals surface area contributed by atoms with E-state index in [-0.39, 0.29) is 48.9 Å². The number of rotatable bonds is 14. The van der Waals surface area contributed by atoms with Gasteiger partial charge in [-0.1, -0.05) is 48.6 Å². The number of benzene rings is 3. The third-order valence-corrected chi connectivity index (χ3v) is 11.5. The molecule has 0 spiro atoms. The molecule has 18 heteroatoms. The molecule has 1 aliphatic heterocycles. The molecule has 5 rings (SSSR count). The second-order valence-corrected chi connectivity index (χ2v) is 16.9. The SMILES string of the molecule is COc1cc(/C=C/c2cccc(-c3cccc(NC(=O)c4ccc(CNCCS(C)(=O)=NC(=O)C(F)(F)F)cn4)c3C)c2C)c(C(F)(F)F)cc1CN1CC[C@@H](C(=O)O)C1. The Hall–Kier alpha value is -5.59. The zero-order chi connectivity index (χ0) is 44.0. The Morgan fingerprint density at radius 3 is 2.28 bits per heavy atom. The summed E-state index contributed by atoms with van der Waals surface area (Å²) in [4.78, 5) is 41.7. The molecule has 0 bridgehead atoms. The van der Waals surface area contributed by atoms with Crippen LogP contribution in [0.25, 0.3) is 23.3 Å². The van der Waals surface area contributed by atoms with Crippen molar-refractivity contribution in [2.45, 2.75) is 45.7 Å². The number of aliphatic carboxylic acids is 1. The highest BCUT2D eigenvalue weighted by Gasteiger charge is 2.39. The molecule has 4 aromatic rings. The molecule has 3 N–H and O–H groups in total. The molecule has 2 atom stereocenters. The molecule has 0 aliphatic carbocycles. The Balaban J connectivity index is 1.28. The monoisotopic (exact) mass is 859 g/mol. The largest absolute Gasteiger partial charge is 0.496 e. The number of nitrogens with zero attached hydrogens (tertiary/aromatic N) is 3. The van der Waals surface area contributed by atoms with E-state index in [1.54, 1.807) is 41.3 Å². The van der Waals surface area contributed by atoms with E-state index in [1.165, 1.54) is 31.5 Å². The molecular weight excluding hydrogens is 817 g/mol. The molecule has 3 aromatic carbocycles. The van der Waals surface area contributed by atoms with Crippen molar-refractivity contribution in [3.8, 4) is 16.9 Å². The van der Waals surface area contributed by atoms with Gasteiger partial charge in [-0.2, -0.15) is 30.7 Å². The summed E-state index contributed by atoms with van der Waals surface area (Å²) in [7, 11) is -2.03. The van der Waals surface area contributed by atoms with Gasteiger partial charge in [-0.25, -0.2) is 4.21 Å². The lowest BCUT2D eigenvalue weighted by molar-refractivity contribution is -0.169. The molecule has 320 valence electrons. The lowest BCUT2D eigenvalue weighted by Gasteiger charge is -2.20. The summed E-state index contributed by atoms with van der Waals surface area (Å²) in [6, 6.07) is 16.3. The van der Waals surface area contributed by atoms with Crippen molar-refractivity contribution in [2.24, 2.45) is 10.3 Å². The Labute approximate surface area is 343 Å². The fourth-order valence-corrected chi connectivity index (χ4v) is 7.81. The van der Waals surface area contributed by atoms with Crippen LogP contribution in [0.4, 0.5) is 32.0 Å². The molecule has 1 aliphatic rings. The summed E-state index contributed by atoms with van der Waals surface area (Å²) in [5, 5.41) is 15.1. The predicted molar refractivity (Wildman–Crippen MR) is 216 cm³/mol. The zero-order valence-electron chi connectivity index (χ0n) is 33.0. The Morgan fingerprint density at radius 2 is 1.67 bits per heavy atom. The highest BCUT2D eigenvalue weighted by Crippen LogP contribution is 2.39. The summed E-state index contributed by atoms with van der Waals surface area (Å²) >= 11 is 0. The van der Waals surface area contributed by atoms with Crippen LogP contribution in [0.15, 0.2) is 71.2 Å². The third kappa shape index (κ3) is 11.6. The first-order chi connectivity index (χ1) is 28.2. The maximum atomic E-state index is 14.4. The number of anilines is 1. The minimum Gasteiger partial charge on any atom is -0.496 e. The van der Waals surface area contributed by atoms with Gasteiger partial charge in [0, 0.05) is 55.6 Å². The number of pyridine rings is 1. The average molecular weight is 860 g/mol. The van der Waals surface area contributed by atoms with Crippen LogP contribution in [0.5, 0.6) is 5.75 Å². The number of aromatic nitrogens is 1. The number of carboxylic acid groups (broad SMARTS) is 1. The van der Waals surface area contributed by atoms with Crippen molar-refractivity contribution in [2.75, 3.05) is 44.1 Å². The maximum absolute atomic E-state index is 14.4. The van der Waals surface area contributed by atoms with Gasteiger partial charge in [-0.15, -0.1) is 0 Å². The van der Waals surface area contributed by atoms with Crippen LogP contribution in [-0.2, 0) is 38.6 Å². The van der Waals surface area contributed by atoms with E-state index in [0.29, 0.717) is 35.3 Å². The van der Waals surface area contributed by atoms with Crippen LogP contribution in [0, 0.1) is 19.8 Å². The predicted octanol–water partition coefficient (Wildman–Crippen LogP) is 8.00. The van der Waals surface area contributed by atoms with Gasteiger partial charge in [0.1, 0.15) is 11.4 Å². The second-order valence-electron chi connectivity index (χ2n) is 14.4. The summed E-state index contributed by atoms with van der Waals surface area (Å²) in [6.45, 7) is 4.65. The van der Waals surface area contributed by atoms with E-state index in [1.807, 2.05) is 26.0 Å². The number of carbonyl (C=O) groups excluding carboxylic acids is 2. The minimum absolute atomic E-state index is 0.00173. The standard InChI is InChI=1S/C42H43F6N5O6S/c1-25-28(12-13-29-20-37(59-3)31(19-34(29)41(43,44)45)24-53-17-15-30(23-53)39(55)56)7-5-8-32(25)33-9-6-10-35(26(33)2)51-38(54)36-14-11-27(22-50-36)21-49-16-18-60(4,58)52-40(57)42(46,47)48/h5-14,19-20,22,30,49H,15-18,21,23-24H2,1-4H3,(H,51,54)(H,55,56)/b13-12+/t30-,60?/m1/s1. The molecule has 2 amide bonds. The van der Waals surface area contributed by atoms with E-state index in [0.717, 1.165) is 34.6 Å². The van der Waals surface area contributed by atoms with Crippen LogP contribution in [-0.4, -0.2) is 81.9 Å². The molecule has 11 nitrogen and oxygen atoms in total. The van der Waals surface area contributed by atoms with Gasteiger partial charge < -0.3 is 20.5 Å². The highest BCUT2D eigenvalue weighted by atomic mass is 32.2. The fourth-order valence-electron chi connectivity index (χ4n) is 6.74. The first-order valence-electron chi connectivity index (χ1n) is 18.6. The molecule has 1 fully saturated rings. The van der Waals surface area contributed by atoms with Gasteiger partial charge in [-0.3, -0.25) is 24.3 Å². The summed E-state index contributed by atoms with van der Waals surface area (Å²) in [6.07, 6.45) is -4.07. The number of likely N-dealkylation sites (tertiary alicyclic amines) is 1. The smallest absolute Gasteiger partial charge is 0.474 e. The number of hydrogen-bond acceptors (Lipinski definition) is 8. The van der Waals surface area contributed by atoms with Crippen LogP contribution < -0.4 is 15.4 Å². The topological polar surface area (TPSA) is 150 Å². The maximum Gasteiger partial charge on any atom is 0.474 e. The van der Waals surface area contributed by atoms with Crippen molar-refractivity contribution < 1.29 is 54.8 Å². The first-order valence-corrected chi connectivity index (χ1v) is 20.6. The quantitative estimate of drug-likeness (QED) is 0.0652. The van der Waals surface area contributed by atoms with E-state index in [4.69, 9.17) is 4.74 Å². The van der Waals surface area contributed by atoms with Gasteiger partial charge in [-0.05, 0) is 90.0 Å². The number of carboxylic acids is 1. The van der Waals surface area contributed by atoms with Crippen molar-refractivity contribution >= 4 is 45.4 Å². The lowest BCUT2D eigenvalue weighted by atomic mass is 9.92. The first kappa shape index (κ1) is 45.5. The summed E-state index contributed by atoms with van der Waals surface area (Å²) < 4.78 is 101. The highest BCUT2D eigenvalue weighted by molar-refractivity contribution is 7.93. The van der Waals surface area contributed by atoms with E-state index in [2.05, 4.69) is 20.0 Å².